The fraction of sp³-hybridized carbons (Fsp3) is 0. The van der Waals surface area contributed by atoms with Crippen LogP contribution in [0.3, 0.4) is 0 Å². The molecule has 0 amide bonds. The number of furan rings is 1. The Morgan fingerprint density at radius 3 is 1.50 bits per heavy atom. The molecule has 56 heavy (non-hydrogen) atoms. The average Bonchev–Trinajstić information content (AvgIpc) is 3.82. The van der Waals surface area contributed by atoms with Crippen molar-refractivity contribution in [1.82, 2.24) is 19.5 Å². The van der Waals surface area contributed by atoms with Crippen molar-refractivity contribution < 1.29 is 4.42 Å². The van der Waals surface area contributed by atoms with Gasteiger partial charge in [-0.05, 0) is 64.7 Å². The molecule has 0 radical (unpaired) electrons. The minimum Gasteiger partial charge on any atom is -0.456 e. The Morgan fingerprint density at radius 2 is 0.804 bits per heavy atom. The van der Waals surface area contributed by atoms with Gasteiger partial charge in [0, 0.05) is 38.2 Å². The lowest BCUT2D eigenvalue weighted by molar-refractivity contribution is 0.669. The quantitative estimate of drug-likeness (QED) is 0.172. The van der Waals surface area contributed by atoms with E-state index in [1.807, 2.05) is 30.3 Å². The van der Waals surface area contributed by atoms with Gasteiger partial charge in [-0.2, -0.15) is 0 Å². The molecule has 8 aromatic carbocycles. The van der Waals surface area contributed by atoms with Crippen molar-refractivity contribution in [2.24, 2.45) is 0 Å². The standard InChI is InChI=1S/C51H32N4O/c1-3-13-33(14-4-1)35-23-25-36(26-24-35)49-52-50(38-28-29-42-41-19-9-12-22-47(41)56-48(42)32-38)54-51(53-49)43-30-27-37(34-15-5-2-6-16-34)31-46(43)55-44-20-10-7-17-39(44)40-18-8-11-21-45(40)55/h1-32H. The maximum atomic E-state index is 6.33. The predicted octanol–water partition coefficient (Wildman–Crippen LogP) is 13.2. The van der Waals surface area contributed by atoms with E-state index in [0.717, 1.165) is 77.6 Å². The number of rotatable bonds is 6. The molecule has 262 valence electrons. The van der Waals surface area contributed by atoms with Gasteiger partial charge in [0.15, 0.2) is 17.5 Å². The molecule has 11 rings (SSSR count). The topological polar surface area (TPSA) is 56.7 Å². The van der Waals surface area contributed by atoms with Gasteiger partial charge in [-0.1, -0.05) is 152 Å². The highest BCUT2D eigenvalue weighted by atomic mass is 16.3. The normalized spacial score (nSPS) is 11.6. The predicted molar refractivity (Wildman–Crippen MR) is 229 cm³/mol. The molecule has 0 aliphatic heterocycles. The van der Waals surface area contributed by atoms with Crippen LogP contribution >= 0.6 is 0 Å². The number of hydrogen-bond donors (Lipinski definition) is 0. The van der Waals surface area contributed by atoms with Crippen molar-refractivity contribution in [3.05, 3.63) is 194 Å². The summed E-state index contributed by atoms with van der Waals surface area (Å²) in [5.41, 5.74) is 12.0. The molecule has 0 unspecified atom stereocenters. The van der Waals surface area contributed by atoms with E-state index in [1.54, 1.807) is 0 Å². The second-order valence-electron chi connectivity index (χ2n) is 14.0. The SMILES string of the molecule is c1ccc(-c2ccc(-c3nc(-c4ccc5c(c4)oc4ccccc45)nc(-c4ccc(-c5ccccc5)cc4-n4c5ccccc5c5ccccc54)n3)cc2)cc1. The van der Waals surface area contributed by atoms with Gasteiger partial charge in [0.1, 0.15) is 11.2 Å². The molecule has 0 aliphatic carbocycles. The summed E-state index contributed by atoms with van der Waals surface area (Å²) < 4.78 is 8.68. The van der Waals surface area contributed by atoms with E-state index < -0.39 is 0 Å². The molecule has 0 fully saturated rings. The number of hydrogen-bond acceptors (Lipinski definition) is 4. The Hall–Kier alpha value is -7.63. The zero-order valence-corrected chi connectivity index (χ0v) is 30.2. The van der Waals surface area contributed by atoms with Crippen LogP contribution in [0.2, 0.25) is 0 Å². The molecule has 11 aromatic rings. The number of para-hydroxylation sites is 3. The lowest BCUT2D eigenvalue weighted by Crippen LogP contribution is -2.04. The van der Waals surface area contributed by atoms with Crippen LogP contribution in [0, 0.1) is 0 Å². The van der Waals surface area contributed by atoms with E-state index in [-0.39, 0.29) is 0 Å². The Kier molecular flexibility index (Phi) is 7.42. The second kappa shape index (κ2) is 13.0. The van der Waals surface area contributed by atoms with Gasteiger partial charge in [-0.25, -0.2) is 15.0 Å². The van der Waals surface area contributed by atoms with Crippen LogP contribution in [0.15, 0.2) is 199 Å². The second-order valence-corrected chi connectivity index (χ2v) is 14.0. The molecular formula is C51H32N4O. The largest absolute Gasteiger partial charge is 0.456 e. The molecule has 3 aromatic heterocycles. The first-order chi connectivity index (χ1) is 27.7. The lowest BCUT2D eigenvalue weighted by Gasteiger charge is -2.16. The summed E-state index contributed by atoms with van der Waals surface area (Å²) in [5.74, 6) is 1.74. The monoisotopic (exact) mass is 716 g/mol. The van der Waals surface area contributed by atoms with Crippen LogP contribution in [0.5, 0.6) is 0 Å². The first kappa shape index (κ1) is 31.9. The van der Waals surface area contributed by atoms with Crippen molar-refractivity contribution in [2.75, 3.05) is 0 Å². The summed E-state index contributed by atoms with van der Waals surface area (Å²) in [4.78, 5) is 15.7. The molecule has 5 nitrogen and oxygen atoms in total. The molecule has 0 saturated heterocycles. The lowest BCUT2D eigenvalue weighted by atomic mass is 10.0. The summed E-state index contributed by atoms with van der Waals surface area (Å²) in [6, 6.07) is 67.5. The number of nitrogens with zero attached hydrogens (tertiary/aromatic N) is 4. The van der Waals surface area contributed by atoms with E-state index in [2.05, 4.69) is 168 Å². The van der Waals surface area contributed by atoms with Crippen LogP contribution in [-0.4, -0.2) is 19.5 Å². The van der Waals surface area contributed by atoms with Crippen molar-refractivity contribution in [3.63, 3.8) is 0 Å². The minimum atomic E-state index is 0.569. The van der Waals surface area contributed by atoms with Gasteiger partial charge in [0.05, 0.1) is 16.7 Å². The molecule has 0 atom stereocenters. The molecule has 0 N–H and O–H groups in total. The summed E-state index contributed by atoms with van der Waals surface area (Å²) in [6.07, 6.45) is 0. The van der Waals surface area contributed by atoms with Crippen LogP contribution < -0.4 is 0 Å². The van der Waals surface area contributed by atoms with Gasteiger partial charge in [0.2, 0.25) is 0 Å². The van der Waals surface area contributed by atoms with E-state index >= 15 is 0 Å². The van der Waals surface area contributed by atoms with Crippen LogP contribution in [-0.2, 0) is 0 Å². The molecule has 0 aliphatic rings. The number of fused-ring (bicyclic) bond motifs is 6. The van der Waals surface area contributed by atoms with Crippen LogP contribution in [0.4, 0.5) is 0 Å². The zero-order chi connectivity index (χ0) is 37.0. The summed E-state index contributed by atoms with van der Waals surface area (Å²) in [5, 5.41) is 4.52. The van der Waals surface area contributed by atoms with Crippen LogP contribution in [0.1, 0.15) is 0 Å². The van der Waals surface area contributed by atoms with Gasteiger partial charge >= 0.3 is 0 Å². The molecule has 0 saturated carbocycles. The summed E-state index contributed by atoms with van der Waals surface area (Å²) in [7, 11) is 0. The van der Waals surface area contributed by atoms with Crippen molar-refractivity contribution in [1.29, 1.82) is 0 Å². The zero-order valence-electron chi connectivity index (χ0n) is 30.2. The van der Waals surface area contributed by atoms with Gasteiger partial charge < -0.3 is 8.98 Å². The maximum absolute atomic E-state index is 6.33. The highest BCUT2D eigenvalue weighted by Gasteiger charge is 2.21. The fourth-order valence-electron chi connectivity index (χ4n) is 7.96. The summed E-state index contributed by atoms with van der Waals surface area (Å²) in [6.45, 7) is 0. The number of aromatic nitrogens is 4. The van der Waals surface area contributed by atoms with E-state index in [9.17, 15) is 0 Å². The van der Waals surface area contributed by atoms with Gasteiger partial charge in [-0.3, -0.25) is 0 Å². The molecule has 5 heteroatoms. The summed E-state index contributed by atoms with van der Waals surface area (Å²) >= 11 is 0. The van der Waals surface area contributed by atoms with Gasteiger partial charge in [-0.15, -0.1) is 0 Å². The van der Waals surface area contributed by atoms with Crippen LogP contribution in [0.25, 0.3) is 106 Å². The Bertz CT molecular complexity index is 3180. The van der Waals surface area contributed by atoms with E-state index in [0.29, 0.717) is 17.5 Å². The third-order valence-corrected chi connectivity index (χ3v) is 10.7. The Balaban J connectivity index is 1.16. The molecular weight excluding hydrogens is 685 g/mol. The highest BCUT2D eigenvalue weighted by Crippen LogP contribution is 2.39. The Morgan fingerprint density at radius 1 is 0.321 bits per heavy atom. The van der Waals surface area contributed by atoms with Crippen molar-refractivity contribution in [2.45, 2.75) is 0 Å². The minimum absolute atomic E-state index is 0.569. The van der Waals surface area contributed by atoms with Crippen molar-refractivity contribution >= 4 is 43.7 Å². The van der Waals surface area contributed by atoms with E-state index in [1.165, 1.54) is 10.8 Å². The molecule has 0 spiro atoms. The highest BCUT2D eigenvalue weighted by molar-refractivity contribution is 6.10. The van der Waals surface area contributed by atoms with E-state index in [4.69, 9.17) is 19.4 Å². The maximum Gasteiger partial charge on any atom is 0.166 e. The van der Waals surface area contributed by atoms with Crippen molar-refractivity contribution in [3.8, 4) is 62.1 Å². The Labute approximate surface area is 322 Å². The average molecular weight is 717 g/mol. The van der Waals surface area contributed by atoms with Gasteiger partial charge in [0.25, 0.3) is 0 Å². The number of benzene rings is 8. The molecule has 3 heterocycles. The third-order valence-electron chi connectivity index (χ3n) is 10.7. The first-order valence-corrected chi connectivity index (χ1v) is 18.8. The third kappa shape index (κ3) is 5.37. The fourth-order valence-corrected chi connectivity index (χ4v) is 7.96. The molecule has 0 bridgehead atoms. The smallest absolute Gasteiger partial charge is 0.166 e. The first-order valence-electron chi connectivity index (χ1n) is 18.8.